The lowest BCUT2D eigenvalue weighted by molar-refractivity contribution is -0.120. The van der Waals surface area contributed by atoms with E-state index in [4.69, 9.17) is 23.2 Å². The summed E-state index contributed by atoms with van der Waals surface area (Å²) in [6.07, 6.45) is 1.36. The Labute approximate surface area is 153 Å². The van der Waals surface area contributed by atoms with Gasteiger partial charge in [-0.2, -0.15) is 5.10 Å². The van der Waals surface area contributed by atoms with Gasteiger partial charge in [0.1, 0.15) is 12.3 Å². The SMILES string of the molecule is O=C(CNC(=O)Nc1cccc(Cl)c1Cl)N/N=C\c1cccc(O)c1. The molecule has 25 heavy (non-hydrogen) atoms. The van der Waals surface area contributed by atoms with Gasteiger partial charge in [0.25, 0.3) is 5.91 Å². The number of urea groups is 1. The Hall–Kier alpha value is -2.77. The highest BCUT2D eigenvalue weighted by Gasteiger charge is 2.09. The molecule has 0 atom stereocenters. The van der Waals surface area contributed by atoms with Crippen molar-refractivity contribution in [3.8, 4) is 5.75 Å². The highest BCUT2D eigenvalue weighted by Crippen LogP contribution is 2.29. The lowest BCUT2D eigenvalue weighted by Crippen LogP contribution is -2.37. The lowest BCUT2D eigenvalue weighted by Gasteiger charge is -2.09. The number of halogens is 2. The largest absolute Gasteiger partial charge is 0.508 e. The van der Waals surface area contributed by atoms with Crippen molar-refractivity contribution >= 4 is 47.0 Å². The molecule has 0 radical (unpaired) electrons. The predicted molar refractivity (Wildman–Crippen MR) is 97.3 cm³/mol. The van der Waals surface area contributed by atoms with Crippen LogP contribution in [0.4, 0.5) is 10.5 Å². The molecule has 0 saturated heterocycles. The van der Waals surface area contributed by atoms with E-state index in [1.165, 1.54) is 18.3 Å². The first-order valence-corrected chi connectivity index (χ1v) is 7.81. The van der Waals surface area contributed by atoms with Crippen LogP contribution in [0.2, 0.25) is 10.0 Å². The summed E-state index contributed by atoms with van der Waals surface area (Å²) < 4.78 is 0. The van der Waals surface area contributed by atoms with Crippen molar-refractivity contribution in [3.63, 3.8) is 0 Å². The summed E-state index contributed by atoms with van der Waals surface area (Å²) in [7, 11) is 0. The number of phenols is 1. The third-order valence-electron chi connectivity index (χ3n) is 2.88. The van der Waals surface area contributed by atoms with Gasteiger partial charge in [-0.3, -0.25) is 4.79 Å². The quantitative estimate of drug-likeness (QED) is 0.473. The Balaban J connectivity index is 1.77. The number of carbonyl (C=O) groups excluding carboxylic acids is 2. The topological polar surface area (TPSA) is 103 Å². The van der Waals surface area contributed by atoms with E-state index in [-0.39, 0.29) is 17.3 Å². The van der Waals surface area contributed by atoms with E-state index >= 15 is 0 Å². The van der Waals surface area contributed by atoms with E-state index in [1.807, 2.05) is 0 Å². The molecule has 0 heterocycles. The summed E-state index contributed by atoms with van der Waals surface area (Å²) in [4.78, 5) is 23.4. The highest BCUT2D eigenvalue weighted by molar-refractivity contribution is 6.43. The number of anilines is 1. The number of benzene rings is 2. The van der Waals surface area contributed by atoms with Crippen LogP contribution in [0.15, 0.2) is 47.6 Å². The zero-order valence-corrected chi connectivity index (χ0v) is 14.3. The van der Waals surface area contributed by atoms with Gasteiger partial charge in [-0.25, -0.2) is 10.2 Å². The highest BCUT2D eigenvalue weighted by atomic mass is 35.5. The van der Waals surface area contributed by atoms with Crippen LogP contribution >= 0.6 is 23.2 Å². The molecule has 7 nitrogen and oxygen atoms in total. The molecule has 130 valence electrons. The Morgan fingerprint density at radius 2 is 1.92 bits per heavy atom. The first kappa shape index (κ1) is 18.6. The molecule has 0 unspecified atom stereocenters. The van der Waals surface area contributed by atoms with Gasteiger partial charge in [0.05, 0.1) is 21.9 Å². The number of rotatable bonds is 5. The van der Waals surface area contributed by atoms with Crippen LogP contribution in [0.25, 0.3) is 0 Å². The summed E-state index contributed by atoms with van der Waals surface area (Å²) >= 11 is 11.8. The molecule has 2 aromatic carbocycles. The summed E-state index contributed by atoms with van der Waals surface area (Å²) in [5.41, 5.74) is 3.19. The molecule has 3 amide bonds. The van der Waals surface area contributed by atoms with Crippen LogP contribution in [0, 0.1) is 0 Å². The summed E-state index contributed by atoms with van der Waals surface area (Å²) in [6.45, 7) is -0.290. The number of hydrogen-bond acceptors (Lipinski definition) is 4. The minimum absolute atomic E-state index is 0.0910. The van der Waals surface area contributed by atoms with Crippen LogP contribution in [0.3, 0.4) is 0 Å². The van der Waals surface area contributed by atoms with E-state index in [9.17, 15) is 14.7 Å². The number of phenolic OH excluding ortho intramolecular Hbond substituents is 1. The molecule has 0 bridgehead atoms. The van der Waals surface area contributed by atoms with Crippen LogP contribution < -0.4 is 16.1 Å². The maximum atomic E-state index is 11.7. The lowest BCUT2D eigenvalue weighted by atomic mass is 10.2. The number of aromatic hydroxyl groups is 1. The Bertz CT molecular complexity index is 812. The number of hydrogen-bond donors (Lipinski definition) is 4. The average Bonchev–Trinajstić information content (AvgIpc) is 2.57. The number of nitrogens with one attached hydrogen (secondary N) is 3. The fourth-order valence-electron chi connectivity index (χ4n) is 1.75. The molecule has 0 aliphatic rings. The predicted octanol–water partition coefficient (Wildman–Crippen LogP) is 2.97. The van der Waals surface area contributed by atoms with Crippen LogP contribution in [-0.4, -0.2) is 29.8 Å². The van der Waals surface area contributed by atoms with Crippen LogP contribution in [0.5, 0.6) is 5.75 Å². The normalized spacial score (nSPS) is 10.5. The van der Waals surface area contributed by atoms with E-state index in [2.05, 4.69) is 21.2 Å². The Morgan fingerprint density at radius 3 is 2.68 bits per heavy atom. The van der Waals surface area contributed by atoms with Gasteiger partial charge in [-0.05, 0) is 29.8 Å². The van der Waals surface area contributed by atoms with Gasteiger partial charge >= 0.3 is 6.03 Å². The van der Waals surface area contributed by atoms with Crippen molar-refractivity contribution in [1.82, 2.24) is 10.7 Å². The van der Waals surface area contributed by atoms with Crippen molar-refractivity contribution in [2.75, 3.05) is 11.9 Å². The molecule has 0 spiro atoms. The molecule has 4 N–H and O–H groups in total. The molecule has 0 aliphatic carbocycles. The van der Waals surface area contributed by atoms with Crippen molar-refractivity contribution in [2.24, 2.45) is 5.10 Å². The maximum Gasteiger partial charge on any atom is 0.319 e. The number of amides is 3. The maximum absolute atomic E-state index is 11.7. The van der Waals surface area contributed by atoms with Gasteiger partial charge in [-0.15, -0.1) is 0 Å². The van der Waals surface area contributed by atoms with E-state index in [1.54, 1.807) is 30.3 Å². The van der Waals surface area contributed by atoms with Gasteiger partial charge < -0.3 is 15.7 Å². The van der Waals surface area contributed by atoms with E-state index in [0.29, 0.717) is 16.3 Å². The minimum atomic E-state index is -0.615. The van der Waals surface area contributed by atoms with Gasteiger partial charge in [0, 0.05) is 0 Å². The molecular formula is C16H14Cl2N4O3. The molecule has 9 heteroatoms. The van der Waals surface area contributed by atoms with Gasteiger partial charge in [0.2, 0.25) is 0 Å². The average molecular weight is 381 g/mol. The molecule has 0 aliphatic heterocycles. The van der Waals surface area contributed by atoms with Crippen molar-refractivity contribution in [1.29, 1.82) is 0 Å². The molecular weight excluding hydrogens is 367 g/mol. The molecule has 2 rings (SSSR count). The minimum Gasteiger partial charge on any atom is -0.508 e. The van der Waals surface area contributed by atoms with E-state index in [0.717, 1.165) is 0 Å². The van der Waals surface area contributed by atoms with Gasteiger partial charge in [0.15, 0.2) is 0 Å². The first-order valence-electron chi connectivity index (χ1n) is 7.05. The second-order valence-electron chi connectivity index (χ2n) is 4.80. The summed E-state index contributed by atoms with van der Waals surface area (Å²) in [6, 6.07) is 10.5. The van der Waals surface area contributed by atoms with Crippen LogP contribution in [0.1, 0.15) is 5.56 Å². The van der Waals surface area contributed by atoms with Crippen molar-refractivity contribution < 1.29 is 14.7 Å². The number of carbonyl (C=O) groups is 2. The molecule has 0 aromatic heterocycles. The summed E-state index contributed by atoms with van der Waals surface area (Å²) in [5, 5.41) is 18.4. The third-order valence-corrected chi connectivity index (χ3v) is 3.70. The van der Waals surface area contributed by atoms with Crippen LogP contribution in [-0.2, 0) is 4.79 Å². The molecule has 0 fully saturated rings. The van der Waals surface area contributed by atoms with Gasteiger partial charge in [-0.1, -0.05) is 41.4 Å². The van der Waals surface area contributed by atoms with E-state index < -0.39 is 11.9 Å². The fourth-order valence-corrected chi connectivity index (χ4v) is 2.10. The van der Waals surface area contributed by atoms with Crippen molar-refractivity contribution in [2.45, 2.75) is 0 Å². The second kappa shape index (κ2) is 8.91. The Morgan fingerprint density at radius 1 is 1.16 bits per heavy atom. The fraction of sp³-hybridized carbons (Fsp3) is 0.0625. The molecule has 2 aromatic rings. The first-order chi connectivity index (χ1) is 12.0. The second-order valence-corrected chi connectivity index (χ2v) is 5.58. The monoisotopic (exact) mass is 380 g/mol. The smallest absolute Gasteiger partial charge is 0.319 e. The Kier molecular flexibility index (Phi) is 6.62. The van der Waals surface area contributed by atoms with Crippen molar-refractivity contribution in [3.05, 3.63) is 58.1 Å². The molecule has 0 saturated carbocycles. The number of nitrogens with zero attached hydrogens (tertiary/aromatic N) is 1. The summed E-state index contributed by atoms with van der Waals surface area (Å²) in [5.74, 6) is -0.433. The third kappa shape index (κ3) is 5.98. The standard InChI is InChI=1S/C16H14Cl2N4O3/c17-12-5-2-6-13(15(12)18)21-16(25)19-9-14(24)22-20-8-10-3-1-4-11(23)7-10/h1-8,23H,9H2,(H,22,24)(H2,19,21,25)/b20-8-. The number of hydrazone groups is 1. The zero-order valence-electron chi connectivity index (χ0n) is 12.8. The zero-order chi connectivity index (χ0) is 18.2.